The summed E-state index contributed by atoms with van der Waals surface area (Å²) in [7, 11) is 0. The van der Waals surface area contributed by atoms with Crippen LogP contribution in [0.5, 0.6) is 0 Å². The number of alkyl halides is 1. The number of carbonyl (C=O) groups is 1. The number of ether oxygens (including phenoxy) is 2. The summed E-state index contributed by atoms with van der Waals surface area (Å²) in [4.78, 5) is 11.6. The smallest absolute Gasteiger partial charge is 0.148 e. The molecular weight excluding hydrogens is 331 g/mol. The van der Waals surface area contributed by atoms with Crippen LogP contribution in [0.15, 0.2) is 0 Å². The van der Waals surface area contributed by atoms with Gasteiger partial charge in [0.15, 0.2) is 0 Å². The SMILES string of the molecule is CC(I)C(=O)CC(C)(C)OCCOC(C)(C)C. The van der Waals surface area contributed by atoms with Gasteiger partial charge in [0, 0.05) is 6.42 Å². The highest BCUT2D eigenvalue weighted by molar-refractivity contribution is 14.1. The van der Waals surface area contributed by atoms with E-state index in [9.17, 15) is 4.79 Å². The van der Waals surface area contributed by atoms with Crippen molar-refractivity contribution in [3.05, 3.63) is 0 Å². The highest BCUT2D eigenvalue weighted by Gasteiger charge is 2.24. The lowest BCUT2D eigenvalue weighted by Gasteiger charge is -2.26. The third kappa shape index (κ3) is 9.97. The lowest BCUT2D eigenvalue weighted by Crippen LogP contribution is -2.32. The van der Waals surface area contributed by atoms with Crippen LogP contribution in [-0.2, 0) is 14.3 Å². The van der Waals surface area contributed by atoms with Gasteiger partial charge in [-0.05, 0) is 41.5 Å². The molecule has 0 rings (SSSR count). The Bertz CT molecular complexity index is 242. The van der Waals surface area contributed by atoms with Gasteiger partial charge in [-0.3, -0.25) is 4.79 Å². The molecule has 3 nitrogen and oxygen atoms in total. The molecule has 0 amide bonds. The topological polar surface area (TPSA) is 35.5 Å². The average Bonchev–Trinajstić information content (AvgIpc) is 2.10. The monoisotopic (exact) mass is 356 g/mol. The second-order valence-electron chi connectivity index (χ2n) is 5.83. The molecular formula is C13H25IO3. The van der Waals surface area contributed by atoms with Crippen LogP contribution in [-0.4, -0.2) is 34.1 Å². The number of carbonyl (C=O) groups excluding carboxylic acids is 1. The minimum atomic E-state index is -0.405. The Labute approximate surface area is 119 Å². The summed E-state index contributed by atoms with van der Waals surface area (Å²) in [5.41, 5.74) is -0.544. The highest BCUT2D eigenvalue weighted by Crippen LogP contribution is 2.18. The van der Waals surface area contributed by atoms with Crippen molar-refractivity contribution in [2.75, 3.05) is 13.2 Å². The van der Waals surface area contributed by atoms with E-state index in [4.69, 9.17) is 9.47 Å². The summed E-state index contributed by atoms with van der Waals surface area (Å²) < 4.78 is 11.3. The Morgan fingerprint density at radius 1 is 1.12 bits per heavy atom. The van der Waals surface area contributed by atoms with E-state index in [0.29, 0.717) is 19.6 Å². The first kappa shape index (κ1) is 17.3. The fourth-order valence-corrected chi connectivity index (χ4v) is 1.50. The van der Waals surface area contributed by atoms with Gasteiger partial charge >= 0.3 is 0 Å². The number of halogens is 1. The molecule has 0 heterocycles. The lowest BCUT2D eigenvalue weighted by atomic mass is 10.0. The van der Waals surface area contributed by atoms with Gasteiger partial charge in [-0.2, -0.15) is 0 Å². The van der Waals surface area contributed by atoms with Crippen molar-refractivity contribution in [3.8, 4) is 0 Å². The lowest BCUT2D eigenvalue weighted by molar-refractivity contribution is -0.126. The second-order valence-corrected chi connectivity index (χ2v) is 7.70. The van der Waals surface area contributed by atoms with Crippen LogP contribution in [0.3, 0.4) is 0 Å². The Morgan fingerprint density at radius 3 is 2.00 bits per heavy atom. The van der Waals surface area contributed by atoms with Gasteiger partial charge in [-0.25, -0.2) is 0 Å². The molecule has 0 aliphatic carbocycles. The minimum absolute atomic E-state index is 0.0429. The van der Waals surface area contributed by atoms with Crippen molar-refractivity contribution in [1.82, 2.24) is 0 Å². The van der Waals surface area contributed by atoms with Gasteiger partial charge in [-0.1, -0.05) is 22.6 Å². The molecule has 0 aromatic rings. The number of hydrogen-bond donors (Lipinski definition) is 0. The zero-order valence-corrected chi connectivity index (χ0v) is 14.0. The minimum Gasteiger partial charge on any atom is -0.373 e. The molecule has 0 bridgehead atoms. The largest absolute Gasteiger partial charge is 0.373 e. The van der Waals surface area contributed by atoms with Gasteiger partial charge < -0.3 is 9.47 Å². The van der Waals surface area contributed by atoms with Crippen LogP contribution < -0.4 is 0 Å². The summed E-state index contributed by atoms with van der Waals surface area (Å²) in [6.07, 6.45) is 0.451. The molecule has 4 heteroatoms. The van der Waals surface area contributed by atoms with Crippen LogP contribution in [0.2, 0.25) is 0 Å². The van der Waals surface area contributed by atoms with E-state index in [1.807, 2.05) is 41.5 Å². The molecule has 1 unspecified atom stereocenters. The molecule has 0 aliphatic heterocycles. The fourth-order valence-electron chi connectivity index (χ4n) is 1.28. The van der Waals surface area contributed by atoms with Gasteiger partial charge in [0.1, 0.15) is 5.78 Å². The van der Waals surface area contributed by atoms with E-state index < -0.39 is 5.60 Å². The average molecular weight is 356 g/mol. The standard InChI is InChI=1S/C13H25IO3/c1-10(14)11(15)9-13(5,6)17-8-7-16-12(2,3)4/h10H,7-9H2,1-6H3. The molecule has 0 radical (unpaired) electrons. The first-order chi connectivity index (χ1) is 7.53. The molecule has 0 aliphatic rings. The summed E-state index contributed by atoms with van der Waals surface area (Å²) in [5, 5.41) is 0. The van der Waals surface area contributed by atoms with Gasteiger partial charge in [-0.15, -0.1) is 0 Å². The third-order valence-corrected chi connectivity index (χ3v) is 2.85. The van der Waals surface area contributed by atoms with Crippen LogP contribution in [0, 0.1) is 0 Å². The molecule has 102 valence electrons. The molecule has 0 N–H and O–H groups in total. The normalized spacial score (nSPS) is 14.8. The van der Waals surface area contributed by atoms with Crippen molar-refractivity contribution >= 4 is 28.4 Å². The summed E-state index contributed by atoms with van der Waals surface area (Å²) >= 11 is 2.13. The molecule has 17 heavy (non-hydrogen) atoms. The highest BCUT2D eigenvalue weighted by atomic mass is 127. The van der Waals surface area contributed by atoms with E-state index in [-0.39, 0.29) is 15.3 Å². The number of ketones is 1. The Kier molecular flexibility index (Phi) is 7.18. The van der Waals surface area contributed by atoms with Crippen molar-refractivity contribution in [2.45, 2.75) is 63.1 Å². The third-order valence-electron chi connectivity index (χ3n) is 2.15. The van der Waals surface area contributed by atoms with Crippen LogP contribution >= 0.6 is 22.6 Å². The molecule has 0 aromatic heterocycles. The predicted molar refractivity (Wildman–Crippen MR) is 78.8 cm³/mol. The Morgan fingerprint density at radius 2 is 1.59 bits per heavy atom. The summed E-state index contributed by atoms with van der Waals surface area (Å²) in [6, 6.07) is 0. The fraction of sp³-hybridized carbons (Fsp3) is 0.923. The van der Waals surface area contributed by atoms with Gasteiger partial charge in [0.05, 0.1) is 28.3 Å². The van der Waals surface area contributed by atoms with E-state index in [1.54, 1.807) is 0 Å². The zero-order valence-electron chi connectivity index (χ0n) is 11.8. The van der Waals surface area contributed by atoms with Crippen molar-refractivity contribution in [2.24, 2.45) is 0 Å². The van der Waals surface area contributed by atoms with E-state index in [1.165, 1.54) is 0 Å². The summed E-state index contributed by atoms with van der Waals surface area (Å²) in [5.74, 6) is 0.229. The van der Waals surface area contributed by atoms with Crippen LogP contribution in [0.25, 0.3) is 0 Å². The van der Waals surface area contributed by atoms with E-state index in [2.05, 4.69) is 22.6 Å². The molecule has 1 atom stereocenters. The van der Waals surface area contributed by atoms with Crippen molar-refractivity contribution in [3.63, 3.8) is 0 Å². The maximum Gasteiger partial charge on any atom is 0.148 e. The number of hydrogen-bond acceptors (Lipinski definition) is 3. The Balaban J connectivity index is 3.90. The van der Waals surface area contributed by atoms with Gasteiger partial charge in [0.25, 0.3) is 0 Å². The quantitative estimate of drug-likeness (QED) is 0.399. The van der Waals surface area contributed by atoms with Gasteiger partial charge in [0.2, 0.25) is 0 Å². The second kappa shape index (κ2) is 7.04. The molecule has 0 fully saturated rings. The van der Waals surface area contributed by atoms with Crippen molar-refractivity contribution in [1.29, 1.82) is 0 Å². The Hall–Kier alpha value is 0.320. The van der Waals surface area contributed by atoms with E-state index >= 15 is 0 Å². The summed E-state index contributed by atoms with van der Waals surface area (Å²) in [6.45, 7) is 12.9. The molecule has 0 spiro atoms. The molecule has 0 aromatic carbocycles. The maximum absolute atomic E-state index is 11.6. The molecule has 0 saturated carbocycles. The predicted octanol–water partition coefficient (Wildman–Crippen LogP) is 3.38. The first-order valence-corrected chi connectivity index (χ1v) is 7.23. The maximum atomic E-state index is 11.6. The number of rotatable bonds is 7. The molecule has 0 saturated heterocycles. The zero-order chi connectivity index (χ0) is 13.7. The number of Topliss-reactive ketones (excluding diaryl/α,β-unsaturated/α-hetero) is 1. The van der Waals surface area contributed by atoms with Crippen LogP contribution in [0.4, 0.5) is 0 Å². The first-order valence-electron chi connectivity index (χ1n) is 5.98. The van der Waals surface area contributed by atoms with Crippen molar-refractivity contribution < 1.29 is 14.3 Å². The van der Waals surface area contributed by atoms with Crippen LogP contribution in [0.1, 0.15) is 48.0 Å². The van der Waals surface area contributed by atoms with E-state index in [0.717, 1.165) is 0 Å².